The lowest BCUT2D eigenvalue weighted by Crippen LogP contribution is -2.08. The molecule has 0 bridgehead atoms. The van der Waals surface area contributed by atoms with Gasteiger partial charge in [0.05, 0.1) is 29.2 Å². The Kier molecular flexibility index (Phi) is 6.97. The first kappa shape index (κ1) is 16.1. The van der Waals surface area contributed by atoms with Gasteiger partial charge in [0.1, 0.15) is 0 Å². The monoisotopic (exact) mass is 331 g/mol. The highest BCUT2D eigenvalue weighted by Crippen LogP contribution is 2.25. The Labute approximate surface area is 121 Å². The number of halogens is 1. The van der Waals surface area contributed by atoms with Crippen molar-refractivity contribution in [2.75, 3.05) is 19.8 Å². The van der Waals surface area contributed by atoms with Crippen molar-refractivity contribution in [1.29, 1.82) is 0 Å². The fourth-order valence-corrected chi connectivity index (χ4v) is 1.81. The Morgan fingerprint density at radius 1 is 1.32 bits per heavy atom. The summed E-state index contributed by atoms with van der Waals surface area (Å²) in [5.41, 5.74) is 0.830. The Morgan fingerprint density at radius 3 is 2.63 bits per heavy atom. The van der Waals surface area contributed by atoms with Crippen molar-refractivity contribution in [2.24, 2.45) is 5.92 Å². The maximum Gasteiger partial charge on any atom is 0.283 e. The molecule has 0 amide bonds. The zero-order valence-electron chi connectivity index (χ0n) is 11.1. The van der Waals surface area contributed by atoms with E-state index in [9.17, 15) is 10.1 Å². The maximum atomic E-state index is 10.8. The molecule has 0 N–H and O–H groups in total. The smallest absolute Gasteiger partial charge is 0.283 e. The summed E-state index contributed by atoms with van der Waals surface area (Å²) in [5.74, 6) is 0.508. The minimum atomic E-state index is -0.417. The van der Waals surface area contributed by atoms with E-state index in [-0.39, 0.29) is 5.69 Å². The molecule has 0 fully saturated rings. The molecule has 5 nitrogen and oxygen atoms in total. The first-order valence-corrected chi connectivity index (χ1v) is 6.88. The molecule has 0 aromatic heterocycles. The van der Waals surface area contributed by atoms with Crippen LogP contribution in [0.3, 0.4) is 0 Å². The number of benzene rings is 1. The molecule has 0 radical (unpaired) electrons. The Morgan fingerprint density at radius 2 is 2.00 bits per heavy atom. The average molecular weight is 332 g/mol. The normalized spacial score (nSPS) is 10.9. The van der Waals surface area contributed by atoms with Gasteiger partial charge in [-0.05, 0) is 33.5 Å². The summed E-state index contributed by atoms with van der Waals surface area (Å²) in [7, 11) is 0. The van der Waals surface area contributed by atoms with E-state index >= 15 is 0 Å². The van der Waals surface area contributed by atoms with Gasteiger partial charge < -0.3 is 9.47 Å². The van der Waals surface area contributed by atoms with E-state index in [1.54, 1.807) is 12.1 Å². The van der Waals surface area contributed by atoms with E-state index in [2.05, 4.69) is 29.8 Å². The minimum Gasteiger partial charge on any atom is -0.379 e. The first-order chi connectivity index (χ1) is 9.00. The van der Waals surface area contributed by atoms with Gasteiger partial charge in [0, 0.05) is 12.7 Å². The van der Waals surface area contributed by atoms with Crippen LogP contribution in [0.1, 0.15) is 19.4 Å². The minimum absolute atomic E-state index is 0.0529. The molecule has 106 valence electrons. The number of ether oxygens (including phenoxy) is 2. The molecule has 0 aliphatic rings. The Bertz CT molecular complexity index is 423. The van der Waals surface area contributed by atoms with Gasteiger partial charge >= 0.3 is 0 Å². The number of rotatable bonds is 8. The van der Waals surface area contributed by atoms with Crippen LogP contribution in [0, 0.1) is 16.0 Å². The highest BCUT2D eigenvalue weighted by molar-refractivity contribution is 9.10. The number of nitrogens with zero attached hydrogens (tertiary/aromatic N) is 1. The predicted molar refractivity (Wildman–Crippen MR) is 76.1 cm³/mol. The second kappa shape index (κ2) is 8.24. The number of hydrogen-bond acceptors (Lipinski definition) is 4. The summed E-state index contributed by atoms with van der Waals surface area (Å²) in [6, 6.07) is 4.97. The molecule has 0 spiro atoms. The van der Waals surface area contributed by atoms with Gasteiger partial charge in [0.15, 0.2) is 0 Å². The quantitative estimate of drug-likeness (QED) is 0.415. The summed E-state index contributed by atoms with van der Waals surface area (Å²) in [6.07, 6.45) is 0. The second-order valence-electron chi connectivity index (χ2n) is 4.56. The Hall–Kier alpha value is -0.980. The van der Waals surface area contributed by atoms with Crippen LogP contribution in [0.15, 0.2) is 22.7 Å². The van der Waals surface area contributed by atoms with Gasteiger partial charge in [-0.2, -0.15) is 0 Å². The summed E-state index contributed by atoms with van der Waals surface area (Å²) in [6.45, 7) is 6.25. The molecule has 0 heterocycles. The largest absolute Gasteiger partial charge is 0.379 e. The molecule has 19 heavy (non-hydrogen) atoms. The van der Waals surface area contributed by atoms with Crippen LogP contribution in [-0.2, 0) is 16.1 Å². The average Bonchev–Trinajstić information content (AvgIpc) is 2.34. The molecular formula is C13H18BrNO4. The predicted octanol–water partition coefficient (Wildman–Crippen LogP) is 3.55. The van der Waals surface area contributed by atoms with Gasteiger partial charge in [0.25, 0.3) is 5.69 Å². The first-order valence-electron chi connectivity index (χ1n) is 6.09. The summed E-state index contributed by atoms with van der Waals surface area (Å²) in [5, 5.41) is 10.8. The van der Waals surface area contributed by atoms with E-state index in [0.29, 0.717) is 36.8 Å². The topological polar surface area (TPSA) is 61.6 Å². The van der Waals surface area contributed by atoms with Crippen LogP contribution in [-0.4, -0.2) is 24.7 Å². The van der Waals surface area contributed by atoms with Crippen molar-refractivity contribution in [3.05, 3.63) is 38.3 Å². The van der Waals surface area contributed by atoms with E-state index in [0.717, 1.165) is 5.56 Å². The van der Waals surface area contributed by atoms with Gasteiger partial charge in [-0.1, -0.05) is 19.9 Å². The van der Waals surface area contributed by atoms with Crippen LogP contribution in [0.2, 0.25) is 0 Å². The molecule has 0 saturated carbocycles. The van der Waals surface area contributed by atoms with Crippen molar-refractivity contribution in [3.8, 4) is 0 Å². The van der Waals surface area contributed by atoms with Crippen molar-refractivity contribution in [1.82, 2.24) is 0 Å². The van der Waals surface area contributed by atoms with Crippen molar-refractivity contribution in [2.45, 2.75) is 20.5 Å². The summed E-state index contributed by atoms with van der Waals surface area (Å²) in [4.78, 5) is 10.4. The fourth-order valence-electron chi connectivity index (χ4n) is 1.41. The lowest BCUT2D eigenvalue weighted by molar-refractivity contribution is -0.385. The van der Waals surface area contributed by atoms with E-state index in [4.69, 9.17) is 9.47 Å². The van der Waals surface area contributed by atoms with Gasteiger partial charge in [0.2, 0.25) is 0 Å². The molecule has 0 atom stereocenters. The summed E-state index contributed by atoms with van der Waals surface area (Å²) < 4.78 is 11.3. The Balaban J connectivity index is 2.34. The number of nitro benzene ring substituents is 1. The van der Waals surface area contributed by atoms with Gasteiger partial charge in [-0.25, -0.2) is 0 Å². The van der Waals surface area contributed by atoms with Crippen molar-refractivity contribution >= 4 is 21.6 Å². The molecule has 0 aliphatic heterocycles. The molecule has 0 saturated heterocycles. The van der Waals surface area contributed by atoms with E-state index in [1.807, 2.05) is 0 Å². The van der Waals surface area contributed by atoms with E-state index < -0.39 is 4.92 Å². The molecule has 0 aliphatic carbocycles. The summed E-state index contributed by atoms with van der Waals surface area (Å²) >= 11 is 3.14. The highest BCUT2D eigenvalue weighted by atomic mass is 79.9. The molecule has 1 aromatic carbocycles. The standard InChI is InChI=1S/C13H18BrNO4/c1-10(2)8-18-5-6-19-9-11-3-4-12(14)13(7-11)15(16)17/h3-4,7,10H,5-6,8-9H2,1-2H3. The molecule has 1 aromatic rings. The lowest BCUT2D eigenvalue weighted by atomic mass is 10.2. The fraction of sp³-hybridized carbons (Fsp3) is 0.538. The molecule has 0 unspecified atom stereocenters. The zero-order valence-corrected chi connectivity index (χ0v) is 12.7. The van der Waals surface area contributed by atoms with Gasteiger partial charge in [-0.3, -0.25) is 10.1 Å². The number of hydrogen-bond donors (Lipinski definition) is 0. The van der Waals surface area contributed by atoms with Crippen LogP contribution >= 0.6 is 15.9 Å². The lowest BCUT2D eigenvalue weighted by Gasteiger charge is -2.07. The van der Waals surface area contributed by atoms with Crippen molar-refractivity contribution < 1.29 is 14.4 Å². The molecular weight excluding hydrogens is 314 g/mol. The number of nitro groups is 1. The molecule has 1 rings (SSSR count). The third-order valence-electron chi connectivity index (χ3n) is 2.30. The van der Waals surface area contributed by atoms with Crippen LogP contribution in [0.25, 0.3) is 0 Å². The van der Waals surface area contributed by atoms with Crippen LogP contribution in [0.5, 0.6) is 0 Å². The zero-order chi connectivity index (χ0) is 14.3. The maximum absolute atomic E-state index is 10.8. The molecule has 6 heteroatoms. The third kappa shape index (κ3) is 6.13. The highest BCUT2D eigenvalue weighted by Gasteiger charge is 2.12. The van der Waals surface area contributed by atoms with Crippen molar-refractivity contribution in [3.63, 3.8) is 0 Å². The SMILES string of the molecule is CC(C)COCCOCc1ccc(Br)c([N+](=O)[O-])c1. The third-order valence-corrected chi connectivity index (χ3v) is 2.97. The van der Waals surface area contributed by atoms with Crippen LogP contribution in [0.4, 0.5) is 5.69 Å². The van der Waals surface area contributed by atoms with Gasteiger partial charge in [-0.15, -0.1) is 0 Å². The van der Waals surface area contributed by atoms with Crippen LogP contribution < -0.4 is 0 Å². The van der Waals surface area contributed by atoms with E-state index in [1.165, 1.54) is 6.07 Å². The second-order valence-corrected chi connectivity index (χ2v) is 5.42.